The Hall–Kier alpha value is -2.93. The standard InChI is InChI=1S/C18H17N3O3S/c1-12-4-6-13(7-5-12)18-21-14(11-25-18)16(22)19-8-9-20-17(23)15-3-2-10-24-15/h2-7,10-11H,8-9H2,1H3,(H,19,22)(H,20,23). The summed E-state index contributed by atoms with van der Waals surface area (Å²) >= 11 is 1.43. The van der Waals surface area contributed by atoms with E-state index >= 15 is 0 Å². The van der Waals surface area contributed by atoms with Gasteiger partial charge >= 0.3 is 0 Å². The lowest BCUT2D eigenvalue weighted by atomic mass is 10.2. The Morgan fingerprint density at radius 3 is 2.48 bits per heavy atom. The molecule has 7 heteroatoms. The Balaban J connectivity index is 1.49. The number of aromatic nitrogens is 1. The minimum absolute atomic E-state index is 0.244. The SMILES string of the molecule is Cc1ccc(-c2nc(C(=O)NCCNC(=O)c3ccco3)cs2)cc1. The number of carbonyl (C=O) groups is 2. The molecule has 0 aliphatic heterocycles. The predicted octanol–water partition coefficient (Wildman–Crippen LogP) is 2.87. The minimum Gasteiger partial charge on any atom is -0.459 e. The van der Waals surface area contributed by atoms with Gasteiger partial charge in [0.2, 0.25) is 0 Å². The Kier molecular flexibility index (Phi) is 5.25. The van der Waals surface area contributed by atoms with Gasteiger partial charge in [-0.3, -0.25) is 9.59 Å². The van der Waals surface area contributed by atoms with Gasteiger partial charge in [0.05, 0.1) is 6.26 Å². The van der Waals surface area contributed by atoms with E-state index in [2.05, 4.69) is 15.6 Å². The monoisotopic (exact) mass is 355 g/mol. The molecule has 25 heavy (non-hydrogen) atoms. The highest BCUT2D eigenvalue weighted by Crippen LogP contribution is 2.23. The first-order valence-electron chi connectivity index (χ1n) is 7.76. The van der Waals surface area contributed by atoms with E-state index in [9.17, 15) is 9.59 Å². The van der Waals surface area contributed by atoms with Gasteiger partial charge in [-0.05, 0) is 19.1 Å². The van der Waals surface area contributed by atoms with Crippen molar-refractivity contribution in [1.82, 2.24) is 15.6 Å². The number of hydrogen-bond donors (Lipinski definition) is 2. The van der Waals surface area contributed by atoms with Gasteiger partial charge in [0.15, 0.2) is 5.76 Å². The van der Waals surface area contributed by atoms with Gasteiger partial charge in [-0.2, -0.15) is 0 Å². The van der Waals surface area contributed by atoms with E-state index in [0.29, 0.717) is 18.8 Å². The van der Waals surface area contributed by atoms with Crippen LogP contribution in [0, 0.1) is 6.92 Å². The van der Waals surface area contributed by atoms with Crippen LogP contribution in [0.1, 0.15) is 26.6 Å². The van der Waals surface area contributed by atoms with Crippen LogP contribution in [0.15, 0.2) is 52.5 Å². The van der Waals surface area contributed by atoms with Crippen molar-refractivity contribution < 1.29 is 14.0 Å². The van der Waals surface area contributed by atoms with E-state index in [1.54, 1.807) is 17.5 Å². The van der Waals surface area contributed by atoms with Gasteiger partial charge in [-0.25, -0.2) is 4.98 Å². The van der Waals surface area contributed by atoms with Gasteiger partial charge in [0.25, 0.3) is 11.8 Å². The maximum absolute atomic E-state index is 12.1. The summed E-state index contributed by atoms with van der Waals surface area (Å²) in [5, 5.41) is 7.93. The van der Waals surface area contributed by atoms with Crippen LogP contribution >= 0.6 is 11.3 Å². The third-order valence-corrected chi connectivity index (χ3v) is 4.37. The summed E-state index contributed by atoms with van der Waals surface area (Å²) in [5.74, 6) is -0.329. The van der Waals surface area contributed by atoms with Crippen molar-refractivity contribution in [3.63, 3.8) is 0 Å². The number of hydrogen-bond acceptors (Lipinski definition) is 5. The molecule has 1 aromatic carbocycles. The molecule has 0 spiro atoms. The number of rotatable bonds is 6. The fourth-order valence-corrected chi connectivity index (χ4v) is 2.95. The second-order valence-electron chi connectivity index (χ2n) is 5.39. The lowest BCUT2D eigenvalue weighted by Gasteiger charge is -2.04. The van der Waals surface area contributed by atoms with Gasteiger partial charge in [-0.15, -0.1) is 11.3 Å². The van der Waals surface area contributed by atoms with Crippen molar-refractivity contribution in [1.29, 1.82) is 0 Å². The Labute approximate surface area is 148 Å². The summed E-state index contributed by atoms with van der Waals surface area (Å²) in [6.07, 6.45) is 1.44. The molecule has 2 heterocycles. The van der Waals surface area contributed by atoms with E-state index in [0.717, 1.165) is 10.6 Å². The van der Waals surface area contributed by atoms with E-state index in [-0.39, 0.29) is 17.6 Å². The average Bonchev–Trinajstić information content (AvgIpc) is 3.30. The maximum Gasteiger partial charge on any atom is 0.287 e. The zero-order chi connectivity index (χ0) is 17.6. The normalized spacial score (nSPS) is 10.4. The molecule has 6 nitrogen and oxygen atoms in total. The molecule has 0 atom stereocenters. The number of nitrogens with one attached hydrogen (secondary N) is 2. The number of carbonyl (C=O) groups excluding carboxylic acids is 2. The molecule has 0 bridgehead atoms. The molecular formula is C18H17N3O3S. The second kappa shape index (κ2) is 7.76. The zero-order valence-electron chi connectivity index (χ0n) is 13.6. The molecule has 0 fully saturated rings. The molecule has 0 radical (unpaired) electrons. The zero-order valence-corrected chi connectivity index (χ0v) is 14.4. The van der Waals surface area contributed by atoms with Crippen LogP contribution in [0.25, 0.3) is 10.6 Å². The van der Waals surface area contributed by atoms with Crippen molar-refractivity contribution in [2.75, 3.05) is 13.1 Å². The van der Waals surface area contributed by atoms with Gasteiger partial charge in [0.1, 0.15) is 10.7 Å². The van der Waals surface area contributed by atoms with Crippen molar-refractivity contribution in [2.45, 2.75) is 6.92 Å². The molecule has 0 unspecified atom stereocenters. The van der Waals surface area contributed by atoms with Crippen molar-refractivity contribution in [2.24, 2.45) is 0 Å². The maximum atomic E-state index is 12.1. The van der Waals surface area contributed by atoms with E-state index < -0.39 is 0 Å². The number of furan rings is 1. The molecule has 2 N–H and O–H groups in total. The van der Waals surface area contributed by atoms with Crippen molar-refractivity contribution >= 4 is 23.2 Å². The van der Waals surface area contributed by atoms with Crippen LogP contribution in [0.5, 0.6) is 0 Å². The molecule has 2 amide bonds. The molecule has 128 valence electrons. The lowest BCUT2D eigenvalue weighted by molar-refractivity contribution is 0.0909. The van der Waals surface area contributed by atoms with E-state index in [4.69, 9.17) is 4.42 Å². The first-order valence-corrected chi connectivity index (χ1v) is 8.64. The summed E-state index contributed by atoms with van der Waals surface area (Å²) in [7, 11) is 0. The first kappa shape index (κ1) is 16.9. The molecule has 0 aliphatic carbocycles. The van der Waals surface area contributed by atoms with Crippen LogP contribution in [0.3, 0.4) is 0 Å². The van der Waals surface area contributed by atoms with E-state index in [1.807, 2.05) is 31.2 Å². The number of amides is 2. The van der Waals surface area contributed by atoms with Crippen LogP contribution in [-0.4, -0.2) is 29.9 Å². The minimum atomic E-state index is -0.311. The second-order valence-corrected chi connectivity index (χ2v) is 6.25. The van der Waals surface area contributed by atoms with Crippen LogP contribution in [0.2, 0.25) is 0 Å². The van der Waals surface area contributed by atoms with Gasteiger partial charge in [-0.1, -0.05) is 29.8 Å². The summed E-state index contributed by atoms with van der Waals surface area (Å²) in [6, 6.07) is 11.2. The summed E-state index contributed by atoms with van der Waals surface area (Å²) in [5.41, 5.74) is 2.54. The van der Waals surface area contributed by atoms with Gasteiger partial charge < -0.3 is 15.1 Å². The highest BCUT2D eigenvalue weighted by molar-refractivity contribution is 7.13. The van der Waals surface area contributed by atoms with E-state index in [1.165, 1.54) is 23.2 Å². The first-order chi connectivity index (χ1) is 12.1. The number of thiazole rings is 1. The molecule has 3 aromatic rings. The Bertz CT molecular complexity index is 854. The fourth-order valence-electron chi connectivity index (χ4n) is 2.14. The molecular weight excluding hydrogens is 338 g/mol. The topological polar surface area (TPSA) is 84.2 Å². The molecule has 0 saturated heterocycles. The smallest absolute Gasteiger partial charge is 0.287 e. The number of nitrogens with zero attached hydrogens (tertiary/aromatic N) is 1. The Morgan fingerprint density at radius 2 is 1.80 bits per heavy atom. The Morgan fingerprint density at radius 1 is 1.08 bits per heavy atom. The fraction of sp³-hybridized carbons (Fsp3) is 0.167. The van der Waals surface area contributed by atoms with Crippen molar-refractivity contribution in [3.05, 3.63) is 65.1 Å². The summed E-state index contributed by atoms with van der Waals surface area (Å²) < 4.78 is 4.99. The third kappa shape index (κ3) is 4.33. The highest BCUT2D eigenvalue weighted by atomic mass is 32.1. The van der Waals surface area contributed by atoms with Crippen LogP contribution in [-0.2, 0) is 0 Å². The molecule has 0 aliphatic rings. The summed E-state index contributed by atoms with van der Waals surface area (Å²) in [4.78, 5) is 28.2. The molecule has 3 rings (SSSR count). The quantitative estimate of drug-likeness (QED) is 0.666. The lowest BCUT2D eigenvalue weighted by Crippen LogP contribution is -2.34. The van der Waals surface area contributed by atoms with Gasteiger partial charge in [0, 0.05) is 24.0 Å². The predicted molar refractivity (Wildman–Crippen MR) is 95.7 cm³/mol. The molecule has 0 saturated carbocycles. The van der Waals surface area contributed by atoms with Crippen molar-refractivity contribution in [3.8, 4) is 10.6 Å². The number of aryl methyl sites for hydroxylation is 1. The van der Waals surface area contributed by atoms with Crippen LogP contribution in [0.4, 0.5) is 0 Å². The van der Waals surface area contributed by atoms with Crippen LogP contribution < -0.4 is 10.6 Å². The number of benzene rings is 1. The third-order valence-electron chi connectivity index (χ3n) is 3.48. The summed E-state index contributed by atoms with van der Waals surface area (Å²) in [6.45, 7) is 2.64. The average molecular weight is 355 g/mol. The highest BCUT2D eigenvalue weighted by Gasteiger charge is 2.12. The largest absolute Gasteiger partial charge is 0.459 e. The molecule has 2 aromatic heterocycles.